The fraction of sp³-hybridized carbons (Fsp3) is 0.455. The fourth-order valence-corrected chi connectivity index (χ4v) is 1.21. The summed E-state index contributed by atoms with van der Waals surface area (Å²) in [5, 5.41) is 9.39. The highest BCUT2D eigenvalue weighted by Crippen LogP contribution is 2.13. The fourth-order valence-electron chi connectivity index (χ4n) is 1.21. The quantitative estimate of drug-likeness (QED) is 0.628. The minimum Gasteiger partial charge on any atom is -0.167 e. The van der Waals surface area contributed by atoms with Crippen molar-refractivity contribution in [3.8, 4) is 0 Å². The van der Waals surface area contributed by atoms with Crippen LogP contribution >= 0.6 is 0 Å². The Morgan fingerprint density at radius 3 is 3.07 bits per heavy atom. The topological polar surface area (TPSA) is 28.0 Å². The van der Waals surface area contributed by atoms with E-state index in [9.17, 15) is 0 Å². The number of hydrogen-bond donors (Lipinski definition) is 0. The summed E-state index contributed by atoms with van der Waals surface area (Å²) >= 11 is 0. The van der Waals surface area contributed by atoms with E-state index in [2.05, 4.69) is 36.8 Å². The molecule has 1 heterocycles. The molecular formula is C11H17N3. The van der Waals surface area contributed by atoms with Crippen LogP contribution in [-0.2, 0) is 0 Å². The van der Waals surface area contributed by atoms with Crippen LogP contribution < -0.4 is 0 Å². The van der Waals surface area contributed by atoms with Crippen molar-refractivity contribution in [2.24, 2.45) is 16.1 Å². The van der Waals surface area contributed by atoms with E-state index in [1.165, 1.54) is 6.42 Å². The molecule has 14 heavy (non-hydrogen) atoms. The van der Waals surface area contributed by atoms with E-state index in [1.54, 1.807) is 11.3 Å². The second kappa shape index (κ2) is 5.37. The van der Waals surface area contributed by atoms with Gasteiger partial charge in [-0.05, 0) is 30.9 Å². The zero-order valence-electron chi connectivity index (χ0n) is 8.85. The molecule has 0 amide bonds. The Labute approximate surface area is 85.5 Å². The van der Waals surface area contributed by atoms with E-state index in [1.807, 2.05) is 12.2 Å². The molecule has 0 saturated carbocycles. The lowest BCUT2D eigenvalue weighted by Gasteiger charge is -2.15. The standard InChI is InChI=1S/C11H17N3/c1-10(2)6-4-7-11-8-5-9-13-14(11)12-3/h5,7-10H,3-4,6H2,1-2H3/b11-7-. The molecule has 0 aromatic carbocycles. The number of allylic oxidation sites excluding steroid dienone is 3. The summed E-state index contributed by atoms with van der Waals surface area (Å²) in [5.74, 6) is 0.730. The van der Waals surface area contributed by atoms with Gasteiger partial charge in [-0.1, -0.05) is 19.9 Å². The van der Waals surface area contributed by atoms with Crippen LogP contribution in [0.1, 0.15) is 26.7 Å². The second-order valence-electron chi connectivity index (χ2n) is 3.65. The van der Waals surface area contributed by atoms with Gasteiger partial charge in [-0.2, -0.15) is 15.3 Å². The largest absolute Gasteiger partial charge is 0.167 e. The SMILES string of the molecule is C=NN1N=CC=C/C1=C/CCC(C)C. The maximum Gasteiger partial charge on any atom is 0.0817 e. The van der Waals surface area contributed by atoms with Crippen LogP contribution in [-0.4, -0.2) is 18.1 Å². The molecule has 1 aliphatic rings. The van der Waals surface area contributed by atoms with E-state index in [4.69, 9.17) is 0 Å². The molecule has 3 nitrogen and oxygen atoms in total. The van der Waals surface area contributed by atoms with Crippen LogP contribution in [0.2, 0.25) is 0 Å². The summed E-state index contributed by atoms with van der Waals surface area (Å²) in [4.78, 5) is 0. The first-order valence-electron chi connectivity index (χ1n) is 4.91. The van der Waals surface area contributed by atoms with Crippen molar-refractivity contribution in [1.82, 2.24) is 5.12 Å². The van der Waals surface area contributed by atoms with Gasteiger partial charge in [0.25, 0.3) is 0 Å². The molecule has 0 spiro atoms. The normalized spacial score (nSPS) is 18.2. The number of nitrogens with zero attached hydrogens (tertiary/aromatic N) is 3. The summed E-state index contributed by atoms with van der Waals surface area (Å²) in [7, 11) is 0. The van der Waals surface area contributed by atoms with Gasteiger partial charge < -0.3 is 0 Å². The van der Waals surface area contributed by atoms with Crippen LogP contribution in [0.25, 0.3) is 0 Å². The molecule has 0 aromatic rings. The van der Waals surface area contributed by atoms with Gasteiger partial charge in [0.05, 0.1) is 5.70 Å². The van der Waals surface area contributed by atoms with Gasteiger partial charge in [-0.15, -0.1) is 0 Å². The number of hydrogen-bond acceptors (Lipinski definition) is 3. The Kier molecular flexibility index (Phi) is 4.11. The van der Waals surface area contributed by atoms with Crippen molar-refractivity contribution in [3.05, 3.63) is 23.9 Å². The molecule has 76 valence electrons. The van der Waals surface area contributed by atoms with Crippen molar-refractivity contribution < 1.29 is 0 Å². The van der Waals surface area contributed by atoms with Gasteiger partial charge in [0.2, 0.25) is 0 Å². The van der Waals surface area contributed by atoms with E-state index in [0.717, 1.165) is 18.0 Å². The third-order valence-electron chi connectivity index (χ3n) is 1.99. The Bertz CT molecular complexity index is 274. The Hall–Kier alpha value is -1.38. The molecule has 0 saturated heterocycles. The average Bonchev–Trinajstić information content (AvgIpc) is 2.18. The highest BCUT2D eigenvalue weighted by molar-refractivity contribution is 5.73. The lowest BCUT2D eigenvalue weighted by Crippen LogP contribution is -2.10. The monoisotopic (exact) mass is 191 g/mol. The second-order valence-corrected chi connectivity index (χ2v) is 3.65. The molecule has 1 rings (SSSR count). The third-order valence-corrected chi connectivity index (χ3v) is 1.99. The van der Waals surface area contributed by atoms with Gasteiger partial charge in [-0.3, -0.25) is 0 Å². The first-order chi connectivity index (χ1) is 6.74. The van der Waals surface area contributed by atoms with Gasteiger partial charge >= 0.3 is 0 Å². The van der Waals surface area contributed by atoms with Gasteiger partial charge in [-0.25, -0.2) is 0 Å². The summed E-state index contributed by atoms with van der Waals surface area (Å²) in [6.45, 7) is 7.90. The summed E-state index contributed by atoms with van der Waals surface area (Å²) in [5.41, 5.74) is 1.00. The van der Waals surface area contributed by atoms with Crippen molar-refractivity contribution in [2.75, 3.05) is 0 Å². The molecule has 0 fully saturated rings. The van der Waals surface area contributed by atoms with Crippen LogP contribution in [0.4, 0.5) is 0 Å². The first-order valence-corrected chi connectivity index (χ1v) is 4.91. The predicted molar refractivity (Wildman–Crippen MR) is 61.2 cm³/mol. The molecule has 1 aliphatic heterocycles. The van der Waals surface area contributed by atoms with Crippen LogP contribution in [0, 0.1) is 5.92 Å². The summed E-state index contributed by atoms with van der Waals surface area (Å²) < 4.78 is 0. The van der Waals surface area contributed by atoms with Crippen molar-refractivity contribution in [2.45, 2.75) is 26.7 Å². The highest BCUT2D eigenvalue weighted by Gasteiger charge is 2.04. The molecule has 0 bridgehead atoms. The first kappa shape index (κ1) is 10.7. The van der Waals surface area contributed by atoms with Crippen LogP contribution in [0.5, 0.6) is 0 Å². The average molecular weight is 191 g/mol. The van der Waals surface area contributed by atoms with Gasteiger partial charge in [0.15, 0.2) is 0 Å². The molecule has 3 heteroatoms. The predicted octanol–water partition coefficient (Wildman–Crippen LogP) is 2.78. The molecule has 0 unspecified atom stereocenters. The Balaban J connectivity index is 2.52. The van der Waals surface area contributed by atoms with Crippen molar-refractivity contribution >= 4 is 12.9 Å². The highest BCUT2D eigenvalue weighted by atomic mass is 15.7. The maximum atomic E-state index is 4.05. The lowest BCUT2D eigenvalue weighted by molar-refractivity contribution is 0.400. The zero-order chi connectivity index (χ0) is 10.4. The number of rotatable bonds is 4. The Morgan fingerprint density at radius 2 is 2.43 bits per heavy atom. The molecule has 0 atom stereocenters. The van der Waals surface area contributed by atoms with Gasteiger partial charge in [0.1, 0.15) is 0 Å². The molecule has 0 radical (unpaired) electrons. The third kappa shape index (κ3) is 3.17. The van der Waals surface area contributed by atoms with Gasteiger partial charge in [0, 0.05) is 12.9 Å². The maximum absolute atomic E-state index is 4.05. The van der Waals surface area contributed by atoms with Crippen LogP contribution in [0.3, 0.4) is 0 Å². The summed E-state index contributed by atoms with van der Waals surface area (Å²) in [6.07, 6.45) is 9.98. The number of hydrazone groups is 2. The summed E-state index contributed by atoms with van der Waals surface area (Å²) in [6, 6.07) is 0. The molecular weight excluding hydrogens is 174 g/mol. The van der Waals surface area contributed by atoms with Crippen LogP contribution in [0.15, 0.2) is 34.1 Å². The minimum absolute atomic E-state index is 0.730. The smallest absolute Gasteiger partial charge is 0.0817 e. The Morgan fingerprint density at radius 1 is 1.64 bits per heavy atom. The molecule has 0 N–H and O–H groups in total. The van der Waals surface area contributed by atoms with E-state index < -0.39 is 0 Å². The zero-order valence-corrected chi connectivity index (χ0v) is 8.85. The van der Waals surface area contributed by atoms with E-state index in [0.29, 0.717) is 0 Å². The minimum atomic E-state index is 0.730. The molecule has 0 aliphatic carbocycles. The van der Waals surface area contributed by atoms with E-state index in [-0.39, 0.29) is 0 Å². The van der Waals surface area contributed by atoms with E-state index >= 15 is 0 Å². The van der Waals surface area contributed by atoms with Crippen molar-refractivity contribution in [3.63, 3.8) is 0 Å². The van der Waals surface area contributed by atoms with Crippen molar-refractivity contribution in [1.29, 1.82) is 0 Å². The lowest BCUT2D eigenvalue weighted by atomic mass is 10.1. The molecule has 0 aromatic heterocycles.